The number of hydrogen-bond acceptors (Lipinski definition) is 9. The minimum atomic E-state index is -3.80. The van der Waals surface area contributed by atoms with E-state index < -0.39 is 26.2 Å². The van der Waals surface area contributed by atoms with Gasteiger partial charge in [0.1, 0.15) is 5.75 Å². The fourth-order valence-corrected chi connectivity index (χ4v) is 6.28. The Bertz CT molecular complexity index is 1610. The molecule has 1 saturated heterocycles. The fourth-order valence-electron chi connectivity index (χ4n) is 4.66. The minimum absolute atomic E-state index is 0.0125. The Hall–Kier alpha value is -3.85. The fraction of sp³-hybridized carbons (Fsp3) is 0.321. The second-order valence-electron chi connectivity index (χ2n) is 10.2. The Labute approximate surface area is 245 Å². The number of piperidine rings is 1. The highest BCUT2D eigenvalue weighted by Gasteiger charge is 2.21. The molecule has 4 rings (SSSR count). The van der Waals surface area contributed by atoms with Gasteiger partial charge >= 0.3 is 0 Å². The molecule has 0 aliphatic carbocycles. The SMILES string of the molecule is CC(=O)Nc1ccc(S(=O)(=O)Nc2ccc(N3CCC(NC[C@H](O)c4ccc(O)c(NS(C)(=O)=O)c4)CC3)cc2)cc1. The molecular weight excluding hydrogens is 582 g/mol. The van der Waals surface area contributed by atoms with E-state index in [9.17, 15) is 31.8 Å². The number of benzene rings is 3. The third-order valence-electron chi connectivity index (χ3n) is 6.77. The van der Waals surface area contributed by atoms with Crippen LogP contribution >= 0.6 is 0 Å². The van der Waals surface area contributed by atoms with Crippen molar-refractivity contribution in [3.05, 3.63) is 72.3 Å². The predicted octanol–water partition coefficient (Wildman–Crippen LogP) is 2.81. The van der Waals surface area contributed by atoms with Crippen molar-refractivity contribution in [1.82, 2.24) is 5.32 Å². The van der Waals surface area contributed by atoms with Crippen molar-refractivity contribution in [2.75, 3.05) is 45.6 Å². The normalized spacial score (nSPS) is 15.2. The van der Waals surface area contributed by atoms with Crippen LogP contribution in [0.4, 0.5) is 22.7 Å². The molecule has 1 atom stereocenters. The van der Waals surface area contributed by atoms with Gasteiger partial charge in [-0.2, -0.15) is 0 Å². The van der Waals surface area contributed by atoms with Gasteiger partial charge in [0.15, 0.2) is 0 Å². The molecule has 0 saturated carbocycles. The Kier molecular flexibility index (Phi) is 9.61. The first-order chi connectivity index (χ1) is 19.8. The van der Waals surface area contributed by atoms with E-state index in [-0.39, 0.29) is 34.8 Å². The lowest BCUT2D eigenvalue weighted by molar-refractivity contribution is -0.114. The summed E-state index contributed by atoms with van der Waals surface area (Å²) in [5.41, 5.74) is 2.39. The number of aromatic hydroxyl groups is 1. The Morgan fingerprint density at radius 2 is 1.55 bits per heavy atom. The number of rotatable bonds is 11. The lowest BCUT2D eigenvalue weighted by atomic mass is 10.0. The summed E-state index contributed by atoms with van der Waals surface area (Å²) in [4.78, 5) is 13.5. The number of nitrogens with zero attached hydrogens (tertiary/aromatic N) is 1. The molecule has 0 aromatic heterocycles. The molecule has 1 heterocycles. The number of carbonyl (C=O) groups excluding carboxylic acids is 1. The van der Waals surface area contributed by atoms with Crippen LogP contribution < -0.4 is 25.0 Å². The third-order valence-corrected chi connectivity index (χ3v) is 8.75. The van der Waals surface area contributed by atoms with E-state index in [1.165, 1.54) is 43.3 Å². The highest BCUT2D eigenvalue weighted by atomic mass is 32.2. The molecule has 6 N–H and O–H groups in total. The average molecular weight is 618 g/mol. The zero-order valence-electron chi connectivity index (χ0n) is 23.2. The Balaban J connectivity index is 1.26. The lowest BCUT2D eigenvalue weighted by Crippen LogP contribution is -2.43. The van der Waals surface area contributed by atoms with Crippen LogP contribution in [-0.2, 0) is 24.8 Å². The van der Waals surface area contributed by atoms with Crippen LogP contribution in [0.15, 0.2) is 71.6 Å². The Morgan fingerprint density at radius 1 is 0.929 bits per heavy atom. The number of phenols is 1. The molecule has 1 fully saturated rings. The maximum absolute atomic E-state index is 12.8. The van der Waals surface area contributed by atoms with Gasteiger partial charge in [0.25, 0.3) is 10.0 Å². The van der Waals surface area contributed by atoms with Gasteiger partial charge in [-0.1, -0.05) is 6.07 Å². The van der Waals surface area contributed by atoms with Crippen LogP contribution in [0, 0.1) is 0 Å². The van der Waals surface area contributed by atoms with Crippen molar-refractivity contribution in [1.29, 1.82) is 0 Å². The second-order valence-corrected chi connectivity index (χ2v) is 13.6. The molecule has 0 spiro atoms. The quantitative estimate of drug-likeness (QED) is 0.177. The van der Waals surface area contributed by atoms with Gasteiger partial charge in [-0.3, -0.25) is 14.2 Å². The first kappa shape index (κ1) is 31.1. The van der Waals surface area contributed by atoms with E-state index >= 15 is 0 Å². The number of carbonyl (C=O) groups is 1. The molecule has 0 unspecified atom stereocenters. The summed E-state index contributed by atoms with van der Waals surface area (Å²) in [7, 11) is -7.38. The third kappa shape index (κ3) is 8.58. The summed E-state index contributed by atoms with van der Waals surface area (Å²) in [5.74, 6) is -0.466. The first-order valence-electron chi connectivity index (χ1n) is 13.3. The standard InChI is InChI=1S/C28H35N5O7S2/c1-19(34)30-22-6-10-25(11-7-22)42(39,40)31-23-4-8-24(9-5-23)33-15-13-21(14-16-33)29-18-28(36)20-3-12-27(35)26(17-20)32-41(2,37)38/h3-12,17,21,28-29,31-32,35-36H,13-16,18H2,1-2H3,(H,30,34)/t28-/m0/s1. The van der Waals surface area contributed by atoms with Crippen molar-refractivity contribution in [3.8, 4) is 5.75 Å². The highest BCUT2D eigenvalue weighted by Crippen LogP contribution is 2.28. The van der Waals surface area contributed by atoms with Crippen LogP contribution in [-0.4, -0.2) is 64.9 Å². The molecule has 0 bridgehead atoms. The highest BCUT2D eigenvalue weighted by molar-refractivity contribution is 7.92. The van der Waals surface area contributed by atoms with Gasteiger partial charge in [0, 0.05) is 49.7 Å². The zero-order valence-corrected chi connectivity index (χ0v) is 24.9. The van der Waals surface area contributed by atoms with Gasteiger partial charge in [0.05, 0.1) is 22.9 Å². The molecule has 0 radical (unpaired) electrons. The van der Waals surface area contributed by atoms with Crippen LogP contribution in [0.2, 0.25) is 0 Å². The zero-order chi connectivity index (χ0) is 30.5. The van der Waals surface area contributed by atoms with E-state index in [0.29, 0.717) is 16.9 Å². The van der Waals surface area contributed by atoms with Crippen molar-refractivity contribution < 1.29 is 31.8 Å². The molecule has 226 valence electrons. The number of sulfonamides is 2. The number of phenolic OH excluding ortho intramolecular Hbond substituents is 1. The van der Waals surface area contributed by atoms with Crippen molar-refractivity contribution in [2.24, 2.45) is 0 Å². The molecular formula is C28H35N5O7S2. The number of amides is 1. The summed E-state index contributed by atoms with van der Waals surface area (Å²) >= 11 is 0. The molecule has 1 amide bonds. The van der Waals surface area contributed by atoms with Gasteiger partial charge in [-0.05, 0) is 79.1 Å². The summed E-state index contributed by atoms with van der Waals surface area (Å²) in [6.07, 6.45) is 1.74. The largest absolute Gasteiger partial charge is 0.506 e. The topological polar surface area (TPSA) is 177 Å². The molecule has 12 nitrogen and oxygen atoms in total. The average Bonchev–Trinajstić information content (AvgIpc) is 2.93. The molecule has 1 aliphatic heterocycles. The summed E-state index contributed by atoms with van der Waals surface area (Å²) in [5, 5.41) is 26.5. The summed E-state index contributed by atoms with van der Waals surface area (Å²) < 4.78 is 53.4. The molecule has 3 aromatic carbocycles. The van der Waals surface area contributed by atoms with Crippen LogP contribution in [0.1, 0.15) is 31.4 Å². The number of aliphatic hydroxyl groups excluding tert-OH is 1. The molecule has 3 aromatic rings. The Morgan fingerprint density at radius 3 is 2.14 bits per heavy atom. The number of anilines is 4. The first-order valence-corrected chi connectivity index (χ1v) is 16.6. The van der Waals surface area contributed by atoms with Crippen molar-refractivity contribution in [3.63, 3.8) is 0 Å². The van der Waals surface area contributed by atoms with Crippen LogP contribution in [0.25, 0.3) is 0 Å². The minimum Gasteiger partial charge on any atom is -0.506 e. The van der Waals surface area contributed by atoms with Gasteiger partial charge in [-0.15, -0.1) is 0 Å². The molecule has 1 aliphatic rings. The summed E-state index contributed by atoms with van der Waals surface area (Å²) in [6, 6.07) is 17.5. The van der Waals surface area contributed by atoms with E-state index in [1.807, 2.05) is 12.1 Å². The molecule has 14 heteroatoms. The number of nitrogens with one attached hydrogen (secondary N) is 4. The predicted molar refractivity (Wildman–Crippen MR) is 163 cm³/mol. The van der Waals surface area contributed by atoms with Crippen LogP contribution in [0.3, 0.4) is 0 Å². The maximum atomic E-state index is 12.8. The lowest BCUT2D eigenvalue weighted by Gasteiger charge is -2.34. The van der Waals surface area contributed by atoms with E-state index in [2.05, 4.69) is 25.0 Å². The van der Waals surface area contributed by atoms with Gasteiger partial charge in [-0.25, -0.2) is 16.8 Å². The van der Waals surface area contributed by atoms with Gasteiger partial charge < -0.3 is 25.7 Å². The van der Waals surface area contributed by atoms with Crippen LogP contribution in [0.5, 0.6) is 5.75 Å². The maximum Gasteiger partial charge on any atom is 0.261 e. The number of aliphatic hydroxyl groups is 1. The molecule has 42 heavy (non-hydrogen) atoms. The van der Waals surface area contributed by atoms with Gasteiger partial charge in [0.2, 0.25) is 15.9 Å². The second kappa shape index (κ2) is 13.0. The van der Waals surface area contributed by atoms with Crippen molar-refractivity contribution in [2.45, 2.75) is 36.8 Å². The van der Waals surface area contributed by atoms with E-state index in [0.717, 1.165) is 37.9 Å². The van der Waals surface area contributed by atoms with E-state index in [4.69, 9.17) is 0 Å². The summed E-state index contributed by atoms with van der Waals surface area (Å²) in [6.45, 7) is 3.17. The van der Waals surface area contributed by atoms with E-state index in [1.54, 1.807) is 18.2 Å². The smallest absolute Gasteiger partial charge is 0.261 e. The monoisotopic (exact) mass is 617 g/mol. The number of hydrogen-bond donors (Lipinski definition) is 6. The van der Waals surface area contributed by atoms with Crippen molar-refractivity contribution >= 4 is 48.7 Å².